The van der Waals surface area contributed by atoms with Crippen LogP contribution in [0.4, 0.5) is 0 Å². The molecule has 0 spiro atoms. The number of nitrogens with zero attached hydrogens (tertiary/aromatic N) is 5. The molecule has 2 aromatic heterocycles. The van der Waals surface area contributed by atoms with Gasteiger partial charge in [0.15, 0.2) is 5.69 Å². The molecule has 2 aliphatic rings. The highest BCUT2D eigenvalue weighted by Gasteiger charge is 2.29. The smallest absolute Gasteiger partial charge is 0.274 e. The van der Waals surface area contributed by atoms with Gasteiger partial charge in [0.2, 0.25) is 0 Å². The first-order chi connectivity index (χ1) is 15.0. The SMILES string of the molecule is CC1CN(Cc2c(C(=O)N3CCc4ccccc4C3)nc3ccc(Cl)cn23)CCN1C. The first kappa shape index (κ1) is 20.5. The second kappa shape index (κ2) is 8.26. The van der Waals surface area contributed by atoms with Crippen LogP contribution in [-0.2, 0) is 19.5 Å². The Labute approximate surface area is 188 Å². The van der Waals surface area contributed by atoms with Gasteiger partial charge in [-0.15, -0.1) is 0 Å². The van der Waals surface area contributed by atoms with E-state index in [1.807, 2.05) is 33.7 Å². The van der Waals surface area contributed by atoms with Gasteiger partial charge >= 0.3 is 0 Å². The molecule has 1 saturated heterocycles. The van der Waals surface area contributed by atoms with Crippen LogP contribution in [0.2, 0.25) is 5.02 Å². The largest absolute Gasteiger partial charge is 0.333 e. The van der Waals surface area contributed by atoms with Gasteiger partial charge in [-0.1, -0.05) is 35.9 Å². The van der Waals surface area contributed by atoms with Crippen molar-refractivity contribution in [1.29, 1.82) is 0 Å². The van der Waals surface area contributed by atoms with Crippen molar-refractivity contribution in [1.82, 2.24) is 24.1 Å². The third kappa shape index (κ3) is 3.95. The Hall–Kier alpha value is -2.41. The van der Waals surface area contributed by atoms with Crippen molar-refractivity contribution in [3.8, 4) is 0 Å². The summed E-state index contributed by atoms with van der Waals surface area (Å²) in [7, 11) is 2.17. The van der Waals surface area contributed by atoms with Crippen LogP contribution < -0.4 is 0 Å². The van der Waals surface area contributed by atoms with Crippen molar-refractivity contribution in [2.24, 2.45) is 0 Å². The number of fused-ring (bicyclic) bond motifs is 2. The van der Waals surface area contributed by atoms with Gasteiger partial charge in [0.1, 0.15) is 5.65 Å². The minimum Gasteiger partial charge on any atom is -0.333 e. The first-order valence-corrected chi connectivity index (χ1v) is 11.3. The maximum atomic E-state index is 13.6. The molecular formula is C24H28ClN5O. The lowest BCUT2D eigenvalue weighted by atomic mass is 9.99. The first-order valence-electron chi connectivity index (χ1n) is 10.9. The Morgan fingerprint density at radius 1 is 1.13 bits per heavy atom. The van der Waals surface area contributed by atoms with Crippen molar-refractivity contribution in [2.75, 3.05) is 33.2 Å². The Balaban J connectivity index is 1.48. The standard InChI is InChI=1S/C24H28ClN5O/c1-17-13-28(12-11-27(17)2)16-21-23(26-22-8-7-20(25)15-30(21)22)24(31)29-10-9-18-5-3-4-6-19(18)14-29/h3-8,15,17H,9-14,16H2,1-2H3. The number of carbonyl (C=O) groups is 1. The summed E-state index contributed by atoms with van der Waals surface area (Å²) >= 11 is 6.31. The van der Waals surface area contributed by atoms with Crippen molar-refractivity contribution in [2.45, 2.75) is 32.5 Å². The number of hydrogen-bond acceptors (Lipinski definition) is 4. The maximum absolute atomic E-state index is 13.6. The second-order valence-electron chi connectivity index (χ2n) is 8.79. The second-order valence-corrected chi connectivity index (χ2v) is 9.23. The Morgan fingerprint density at radius 2 is 1.94 bits per heavy atom. The number of hydrogen-bond donors (Lipinski definition) is 0. The number of pyridine rings is 1. The van der Waals surface area contributed by atoms with Gasteiger partial charge in [-0.3, -0.25) is 9.69 Å². The monoisotopic (exact) mass is 437 g/mol. The molecule has 0 radical (unpaired) electrons. The van der Waals surface area contributed by atoms with E-state index < -0.39 is 0 Å². The van der Waals surface area contributed by atoms with E-state index in [1.54, 1.807) is 0 Å². The van der Waals surface area contributed by atoms with E-state index >= 15 is 0 Å². The van der Waals surface area contributed by atoms with Crippen LogP contribution in [0, 0.1) is 0 Å². The number of likely N-dealkylation sites (N-methyl/N-ethyl adjacent to an activating group) is 1. The van der Waals surface area contributed by atoms with Gasteiger partial charge in [-0.05, 0) is 43.7 Å². The van der Waals surface area contributed by atoms with Gasteiger partial charge in [0, 0.05) is 51.5 Å². The summed E-state index contributed by atoms with van der Waals surface area (Å²) in [5.41, 5.74) is 4.80. The molecule has 1 atom stereocenters. The topological polar surface area (TPSA) is 44.1 Å². The molecule has 4 heterocycles. The zero-order valence-electron chi connectivity index (χ0n) is 18.1. The van der Waals surface area contributed by atoms with Crippen LogP contribution in [0.15, 0.2) is 42.6 Å². The molecule has 0 bridgehead atoms. The molecule has 31 heavy (non-hydrogen) atoms. The van der Waals surface area contributed by atoms with Crippen molar-refractivity contribution in [3.05, 3.63) is 70.1 Å². The van der Waals surface area contributed by atoms with E-state index in [9.17, 15) is 4.79 Å². The van der Waals surface area contributed by atoms with Gasteiger partial charge in [-0.25, -0.2) is 4.98 Å². The highest BCUT2D eigenvalue weighted by atomic mass is 35.5. The lowest BCUT2D eigenvalue weighted by molar-refractivity contribution is 0.0722. The molecule has 1 aromatic carbocycles. The lowest BCUT2D eigenvalue weighted by Crippen LogP contribution is -2.49. The highest BCUT2D eigenvalue weighted by molar-refractivity contribution is 6.30. The number of aromatic nitrogens is 2. The number of benzene rings is 1. The minimum atomic E-state index is 0.00602. The van der Waals surface area contributed by atoms with E-state index in [0.29, 0.717) is 29.8 Å². The number of piperazine rings is 1. The number of rotatable bonds is 3. The van der Waals surface area contributed by atoms with Crippen LogP contribution in [-0.4, -0.2) is 69.3 Å². The molecule has 0 saturated carbocycles. The van der Waals surface area contributed by atoms with Crippen LogP contribution in [0.25, 0.3) is 5.65 Å². The van der Waals surface area contributed by atoms with E-state index in [1.165, 1.54) is 11.1 Å². The maximum Gasteiger partial charge on any atom is 0.274 e. The minimum absolute atomic E-state index is 0.00602. The van der Waals surface area contributed by atoms with Crippen molar-refractivity contribution < 1.29 is 4.79 Å². The molecule has 6 nitrogen and oxygen atoms in total. The molecule has 7 heteroatoms. The Morgan fingerprint density at radius 3 is 2.74 bits per heavy atom. The summed E-state index contributed by atoms with van der Waals surface area (Å²) in [4.78, 5) is 25.1. The van der Waals surface area contributed by atoms with Gasteiger partial charge < -0.3 is 14.2 Å². The van der Waals surface area contributed by atoms with Crippen LogP contribution in [0.1, 0.15) is 34.2 Å². The average molecular weight is 438 g/mol. The summed E-state index contributed by atoms with van der Waals surface area (Å²) in [6, 6.07) is 12.6. The van der Waals surface area contributed by atoms with Gasteiger partial charge in [-0.2, -0.15) is 0 Å². The third-order valence-corrected chi connectivity index (χ3v) is 6.94. The Bertz CT molecular complexity index is 1130. The van der Waals surface area contributed by atoms with Crippen LogP contribution in [0.3, 0.4) is 0 Å². The highest BCUT2D eigenvalue weighted by Crippen LogP contribution is 2.24. The fraction of sp³-hybridized carbons (Fsp3) is 0.417. The predicted molar refractivity (Wildman–Crippen MR) is 122 cm³/mol. The lowest BCUT2D eigenvalue weighted by Gasteiger charge is -2.37. The summed E-state index contributed by atoms with van der Waals surface area (Å²) in [6.45, 7) is 7.24. The van der Waals surface area contributed by atoms with Gasteiger partial charge in [0.25, 0.3) is 5.91 Å². The molecule has 1 unspecified atom stereocenters. The molecule has 1 fully saturated rings. The average Bonchev–Trinajstić information content (AvgIpc) is 3.13. The quantitative estimate of drug-likeness (QED) is 0.630. The molecular weight excluding hydrogens is 410 g/mol. The van der Waals surface area contributed by atoms with Gasteiger partial charge in [0.05, 0.1) is 10.7 Å². The van der Waals surface area contributed by atoms with E-state index in [4.69, 9.17) is 16.6 Å². The van der Waals surface area contributed by atoms with Crippen molar-refractivity contribution in [3.63, 3.8) is 0 Å². The van der Waals surface area contributed by atoms with E-state index in [2.05, 4.69) is 42.0 Å². The van der Waals surface area contributed by atoms with Crippen LogP contribution >= 0.6 is 11.6 Å². The van der Waals surface area contributed by atoms with Crippen molar-refractivity contribution >= 4 is 23.2 Å². The molecule has 2 aliphatic heterocycles. The number of carbonyl (C=O) groups excluding carboxylic acids is 1. The number of halogens is 1. The summed E-state index contributed by atoms with van der Waals surface area (Å²) in [5, 5.41) is 0.642. The molecule has 162 valence electrons. The molecule has 3 aromatic rings. The molecule has 5 rings (SSSR count). The van der Waals surface area contributed by atoms with E-state index in [0.717, 1.165) is 43.9 Å². The molecule has 1 amide bonds. The predicted octanol–water partition coefficient (Wildman–Crippen LogP) is 3.32. The Kier molecular flexibility index (Phi) is 5.46. The normalized spacial score (nSPS) is 20.2. The fourth-order valence-corrected chi connectivity index (χ4v) is 4.85. The summed E-state index contributed by atoms with van der Waals surface area (Å²) in [5.74, 6) is 0.00602. The zero-order valence-corrected chi connectivity index (χ0v) is 18.8. The summed E-state index contributed by atoms with van der Waals surface area (Å²) in [6.07, 6.45) is 2.76. The zero-order chi connectivity index (χ0) is 21.5. The van der Waals surface area contributed by atoms with Crippen LogP contribution in [0.5, 0.6) is 0 Å². The van der Waals surface area contributed by atoms with E-state index in [-0.39, 0.29) is 5.91 Å². The molecule has 0 aliphatic carbocycles. The molecule has 0 N–H and O–H groups in total. The number of amides is 1. The number of imidazole rings is 1. The summed E-state index contributed by atoms with van der Waals surface area (Å²) < 4.78 is 2.00. The third-order valence-electron chi connectivity index (χ3n) is 6.72. The fourth-order valence-electron chi connectivity index (χ4n) is 4.69.